The first-order valence-corrected chi connectivity index (χ1v) is 15.3. The number of amides is 2. The first-order chi connectivity index (χ1) is 19.3. The molecule has 0 aliphatic carbocycles. The van der Waals surface area contributed by atoms with Crippen LogP contribution in [0.3, 0.4) is 0 Å². The van der Waals surface area contributed by atoms with E-state index in [1.807, 2.05) is 20.8 Å². The lowest BCUT2D eigenvalue weighted by molar-refractivity contribution is -0.139. The molecule has 2 amide bonds. The van der Waals surface area contributed by atoms with Gasteiger partial charge >= 0.3 is 0 Å². The van der Waals surface area contributed by atoms with E-state index in [0.29, 0.717) is 22.2 Å². The lowest BCUT2D eigenvalue weighted by atomic mass is 10.1. The molecule has 0 fully saturated rings. The fourth-order valence-electron chi connectivity index (χ4n) is 4.10. The van der Waals surface area contributed by atoms with Crippen molar-refractivity contribution in [3.05, 3.63) is 87.9 Å². The van der Waals surface area contributed by atoms with Gasteiger partial charge in [-0.25, -0.2) is 8.42 Å². The van der Waals surface area contributed by atoms with Gasteiger partial charge in [-0.2, -0.15) is 0 Å². The number of hydrogen-bond donors (Lipinski definition) is 1. The summed E-state index contributed by atoms with van der Waals surface area (Å²) < 4.78 is 34.5. The molecule has 0 aliphatic heterocycles. The normalized spacial score (nSPS) is 12.1. The van der Waals surface area contributed by atoms with E-state index in [1.54, 1.807) is 61.5 Å². The van der Waals surface area contributed by atoms with Crippen LogP contribution in [0.5, 0.6) is 5.75 Å². The zero-order valence-electron chi connectivity index (χ0n) is 23.7. The Kier molecular flexibility index (Phi) is 11.1. The van der Waals surface area contributed by atoms with E-state index in [-0.39, 0.29) is 34.7 Å². The molecule has 8 nitrogen and oxygen atoms in total. The zero-order chi connectivity index (χ0) is 30.3. The maximum absolute atomic E-state index is 14.1. The number of ether oxygens (including phenoxy) is 1. The molecular formula is C30H35Cl2N3O5S. The number of nitrogens with one attached hydrogen (secondary N) is 1. The standard InChI is InChI=1S/C30H35Cl2N3O5S/c1-20(2)17-33-30(37)22(4)34(18-23-12-13-25(31)26(32)16-23)29(36)19-35(27-15-21(3)11-14-28(27)40-5)41(38,39)24-9-7-6-8-10-24/h6-16,20,22H,17-19H2,1-5H3,(H,33,37)/t22-/m0/s1. The monoisotopic (exact) mass is 619 g/mol. The van der Waals surface area contributed by atoms with Crippen LogP contribution in [-0.2, 0) is 26.2 Å². The number of anilines is 1. The fourth-order valence-corrected chi connectivity index (χ4v) is 5.86. The topological polar surface area (TPSA) is 96.0 Å². The quantitative estimate of drug-likeness (QED) is 0.281. The molecular weight excluding hydrogens is 585 g/mol. The summed E-state index contributed by atoms with van der Waals surface area (Å²) >= 11 is 12.3. The molecule has 220 valence electrons. The number of hydrogen-bond acceptors (Lipinski definition) is 5. The molecule has 3 aromatic rings. The number of sulfonamides is 1. The largest absolute Gasteiger partial charge is 0.495 e. The van der Waals surface area contributed by atoms with E-state index in [2.05, 4.69) is 5.32 Å². The van der Waals surface area contributed by atoms with Gasteiger partial charge in [-0.15, -0.1) is 0 Å². The number of methoxy groups -OCH3 is 1. The van der Waals surface area contributed by atoms with Gasteiger partial charge in [0, 0.05) is 13.1 Å². The van der Waals surface area contributed by atoms with E-state index < -0.39 is 28.5 Å². The molecule has 11 heteroatoms. The van der Waals surface area contributed by atoms with Gasteiger partial charge in [-0.05, 0) is 67.3 Å². The molecule has 0 heterocycles. The third kappa shape index (κ3) is 8.15. The van der Waals surface area contributed by atoms with Crippen LogP contribution >= 0.6 is 23.2 Å². The summed E-state index contributed by atoms with van der Waals surface area (Å²) in [6.45, 7) is 7.18. The number of rotatable bonds is 12. The summed E-state index contributed by atoms with van der Waals surface area (Å²) in [6, 6.07) is 16.9. The van der Waals surface area contributed by atoms with Crippen LogP contribution in [0.1, 0.15) is 31.9 Å². The zero-order valence-corrected chi connectivity index (χ0v) is 26.1. The van der Waals surface area contributed by atoms with Gasteiger partial charge < -0.3 is 15.0 Å². The molecule has 0 saturated heterocycles. The van der Waals surface area contributed by atoms with Gasteiger partial charge in [0.2, 0.25) is 11.8 Å². The van der Waals surface area contributed by atoms with Gasteiger partial charge in [0.1, 0.15) is 18.3 Å². The summed E-state index contributed by atoms with van der Waals surface area (Å²) in [5, 5.41) is 3.51. The van der Waals surface area contributed by atoms with Crippen LogP contribution in [0, 0.1) is 12.8 Å². The molecule has 0 unspecified atom stereocenters. The maximum atomic E-state index is 14.1. The summed E-state index contributed by atoms with van der Waals surface area (Å²) in [5.74, 6) is -0.476. The molecule has 0 aromatic heterocycles. The Balaban J connectivity index is 2.08. The fraction of sp³-hybridized carbons (Fsp3) is 0.333. The third-order valence-corrected chi connectivity index (χ3v) is 8.91. The van der Waals surface area contributed by atoms with E-state index in [1.165, 1.54) is 24.1 Å². The van der Waals surface area contributed by atoms with Gasteiger partial charge in [0.15, 0.2) is 0 Å². The number of carbonyl (C=O) groups excluding carboxylic acids is 2. The van der Waals surface area contributed by atoms with Crippen molar-refractivity contribution in [3.63, 3.8) is 0 Å². The minimum Gasteiger partial charge on any atom is -0.495 e. The Hall–Kier alpha value is -3.27. The smallest absolute Gasteiger partial charge is 0.264 e. The highest BCUT2D eigenvalue weighted by Crippen LogP contribution is 2.34. The molecule has 41 heavy (non-hydrogen) atoms. The van der Waals surface area contributed by atoms with Crippen LogP contribution < -0.4 is 14.4 Å². The Bertz CT molecular complexity index is 1480. The molecule has 0 spiro atoms. The van der Waals surface area contributed by atoms with Crippen molar-refractivity contribution < 1.29 is 22.7 Å². The van der Waals surface area contributed by atoms with Crippen molar-refractivity contribution in [3.8, 4) is 5.75 Å². The van der Waals surface area contributed by atoms with Crippen molar-refractivity contribution in [2.45, 2.75) is 45.2 Å². The van der Waals surface area contributed by atoms with Crippen molar-refractivity contribution in [2.24, 2.45) is 5.92 Å². The SMILES string of the molecule is COc1ccc(C)cc1N(CC(=O)N(Cc1ccc(Cl)c(Cl)c1)[C@@H](C)C(=O)NCC(C)C)S(=O)(=O)c1ccccc1. The Morgan fingerprint density at radius 1 is 0.951 bits per heavy atom. The number of carbonyl (C=O) groups is 2. The molecule has 0 bridgehead atoms. The van der Waals surface area contributed by atoms with Crippen molar-refractivity contribution in [2.75, 3.05) is 24.5 Å². The Morgan fingerprint density at radius 2 is 1.63 bits per heavy atom. The second kappa shape index (κ2) is 14.1. The van der Waals surface area contributed by atoms with E-state index in [4.69, 9.17) is 27.9 Å². The molecule has 0 saturated carbocycles. The second-order valence-electron chi connectivity index (χ2n) is 10.1. The second-order valence-corrected chi connectivity index (χ2v) is 12.8. The first kappa shape index (κ1) is 32.2. The van der Waals surface area contributed by atoms with E-state index >= 15 is 0 Å². The average molecular weight is 621 g/mol. The van der Waals surface area contributed by atoms with Crippen molar-refractivity contribution in [1.29, 1.82) is 0 Å². The molecule has 3 aromatic carbocycles. The maximum Gasteiger partial charge on any atom is 0.264 e. The molecule has 0 aliphatic rings. The minimum absolute atomic E-state index is 0.00381. The number of aryl methyl sites for hydroxylation is 1. The van der Waals surface area contributed by atoms with E-state index in [0.717, 1.165) is 9.87 Å². The van der Waals surface area contributed by atoms with Crippen LogP contribution in [0.25, 0.3) is 0 Å². The summed E-state index contributed by atoms with van der Waals surface area (Å²) in [6.07, 6.45) is 0. The average Bonchev–Trinajstić information content (AvgIpc) is 2.95. The lowest BCUT2D eigenvalue weighted by Gasteiger charge is -2.32. The number of benzene rings is 3. The van der Waals surface area contributed by atoms with Gasteiger partial charge in [0.25, 0.3) is 10.0 Å². The number of halogens is 2. The van der Waals surface area contributed by atoms with Crippen LogP contribution in [0.4, 0.5) is 5.69 Å². The Labute approximate surface area is 252 Å². The highest BCUT2D eigenvalue weighted by Gasteiger charge is 2.34. The Morgan fingerprint density at radius 3 is 2.24 bits per heavy atom. The van der Waals surface area contributed by atoms with Crippen LogP contribution in [0.2, 0.25) is 10.0 Å². The van der Waals surface area contributed by atoms with Gasteiger partial charge in [0.05, 0.1) is 27.7 Å². The van der Waals surface area contributed by atoms with Gasteiger partial charge in [-0.1, -0.05) is 67.4 Å². The van der Waals surface area contributed by atoms with E-state index in [9.17, 15) is 18.0 Å². The summed E-state index contributed by atoms with van der Waals surface area (Å²) in [4.78, 5) is 28.5. The predicted octanol–water partition coefficient (Wildman–Crippen LogP) is 5.70. The van der Waals surface area contributed by atoms with Gasteiger partial charge in [-0.3, -0.25) is 13.9 Å². The van der Waals surface area contributed by atoms with Crippen molar-refractivity contribution >= 4 is 50.7 Å². The lowest BCUT2D eigenvalue weighted by Crippen LogP contribution is -2.51. The van der Waals surface area contributed by atoms with Crippen molar-refractivity contribution in [1.82, 2.24) is 10.2 Å². The van der Waals surface area contributed by atoms with Crippen LogP contribution in [0.15, 0.2) is 71.6 Å². The third-order valence-electron chi connectivity index (χ3n) is 6.40. The molecule has 0 radical (unpaired) electrons. The summed E-state index contributed by atoms with van der Waals surface area (Å²) in [7, 11) is -2.79. The first-order valence-electron chi connectivity index (χ1n) is 13.1. The molecule has 3 rings (SSSR count). The minimum atomic E-state index is -4.22. The predicted molar refractivity (Wildman–Crippen MR) is 163 cm³/mol. The highest BCUT2D eigenvalue weighted by atomic mass is 35.5. The highest BCUT2D eigenvalue weighted by molar-refractivity contribution is 7.92. The summed E-state index contributed by atoms with van der Waals surface area (Å²) in [5.41, 5.74) is 1.61. The van der Waals surface area contributed by atoms with Crippen LogP contribution in [-0.4, -0.2) is 51.4 Å². The molecule has 1 atom stereocenters. The molecule has 1 N–H and O–H groups in total. The number of nitrogens with zero attached hydrogens (tertiary/aromatic N) is 2.